The Morgan fingerprint density at radius 3 is 0.875 bits per heavy atom. The molecule has 0 fully saturated rings. The van der Waals surface area contributed by atoms with Gasteiger partial charge in [0.2, 0.25) is 0 Å². The fourth-order valence-electron chi connectivity index (χ4n) is 4.20. The Morgan fingerprint density at radius 1 is 0.325 bits per heavy atom. The van der Waals surface area contributed by atoms with Gasteiger partial charge in [-0.25, -0.2) is 0 Å². The van der Waals surface area contributed by atoms with Crippen LogP contribution < -0.4 is 0 Å². The van der Waals surface area contributed by atoms with Crippen molar-refractivity contribution in [3.05, 3.63) is 0 Å². The average Bonchev–Trinajstić information content (AvgIpc) is 2.97. The molecule has 7 heteroatoms. The second kappa shape index (κ2) is 38.3. The van der Waals surface area contributed by atoms with E-state index in [1.165, 1.54) is 96.3 Å². The van der Waals surface area contributed by atoms with Gasteiger partial charge in [0.25, 0.3) is 0 Å². The number of terminal acetylenes is 1. The molecule has 0 aromatic carbocycles. The van der Waals surface area contributed by atoms with Gasteiger partial charge in [-0.05, 0) is 6.42 Å². The second-order valence-electron chi connectivity index (χ2n) is 10.2. The smallest absolute Gasteiger partial charge is 0.107 e. The molecule has 238 valence electrons. The Labute approximate surface area is 247 Å². The largest absolute Gasteiger partial charge is 0.379 e. The van der Waals surface area contributed by atoms with Crippen molar-refractivity contribution < 1.29 is 33.2 Å². The van der Waals surface area contributed by atoms with Crippen molar-refractivity contribution in [3.8, 4) is 12.3 Å². The first-order valence-electron chi connectivity index (χ1n) is 16.4. The fraction of sp³-hybridized carbons (Fsp3) is 0.939. The molecule has 0 atom stereocenters. The summed E-state index contributed by atoms with van der Waals surface area (Å²) in [6.45, 7) is 10.2. The summed E-state index contributed by atoms with van der Waals surface area (Å²) in [5.74, 6) is 2.41. The van der Waals surface area contributed by atoms with Crippen molar-refractivity contribution in [1.82, 2.24) is 0 Å². The predicted molar refractivity (Wildman–Crippen MR) is 164 cm³/mol. The predicted octanol–water partition coefficient (Wildman–Crippen LogP) is 7.00. The Hall–Kier alpha value is -0.720. The molecular weight excluding hydrogens is 508 g/mol. The quantitative estimate of drug-likeness (QED) is 0.0592. The Bertz CT molecular complexity index is 484. The lowest BCUT2D eigenvalue weighted by Crippen LogP contribution is -2.14. The molecule has 0 aliphatic rings. The van der Waals surface area contributed by atoms with Gasteiger partial charge in [0, 0.05) is 6.61 Å². The molecule has 40 heavy (non-hydrogen) atoms. The zero-order valence-electron chi connectivity index (χ0n) is 26.1. The minimum Gasteiger partial charge on any atom is -0.379 e. The van der Waals surface area contributed by atoms with E-state index in [1.54, 1.807) is 0 Å². The Balaban J connectivity index is 3.02. The first kappa shape index (κ1) is 39.3. The fourth-order valence-corrected chi connectivity index (χ4v) is 4.20. The number of hydrogen-bond donors (Lipinski definition) is 0. The van der Waals surface area contributed by atoms with Crippen molar-refractivity contribution in [3.63, 3.8) is 0 Å². The lowest BCUT2D eigenvalue weighted by atomic mass is 10.0. The van der Waals surface area contributed by atoms with E-state index in [0.717, 1.165) is 13.0 Å². The maximum Gasteiger partial charge on any atom is 0.107 e. The minimum absolute atomic E-state index is 0.322. The summed E-state index contributed by atoms with van der Waals surface area (Å²) in [7, 11) is 0. The van der Waals surface area contributed by atoms with Crippen LogP contribution in [0, 0.1) is 12.3 Å². The van der Waals surface area contributed by atoms with Crippen LogP contribution >= 0.6 is 0 Å². The highest BCUT2D eigenvalue weighted by Gasteiger charge is 1.97. The van der Waals surface area contributed by atoms with Gasteiger partial charge in [-0.1, -0.05) is 109 Å². The molecule has 0 spiro atoms. The zero-order valence-corrected chi connectivity index (χ0v) is 26.1. The monoisotopic (exact) mass is 572 g/mol. The molecule has 0 saturated carbocycles. The van der Waals surface area contributed by atoms with Crippen LogP contribution in [-0.4, -0.2) is 92.5 Å². The van der Waals surface area contributed by atoms with Crippen LogP contribution in [-0.2, 0) is 33.2 Å². The molecular formula is C33H64O7. The molecule has 0 aliphatic carbocycles. The molecule has 0 amide bonds. The van der Waals surface area contributed by atoms with E-state index in [4.69, 9.17) is 39.6 Å². The summed E-state index contributed by atoms with van der Waals surface area (Å²) >= 11 is 0. The summed E-state index contributed by atoms with van der Waals surface area (Å²) in [5.41, 5.74) is 0. The molecule has 0 heterocycles. The third-order valence-corrected chi connectivity index (χ3v) is 6.56. The third kappa shape index (κ3) is 37.3. The molecule has 0 unspecified atom stereocenters. The molecule has 0 rings (SSSR count). The maximum absolute atomic E-state index is 5.67. The topological polar surface area (TPSA) is 64.6 Å². The van der Waals surface area contributed by atoms with Gasteiger partial charge in [-0.15, -0.1) is 6.42 Å². The molecule has 0 saturated heterocycles. The van der Waals surface area contributed by atoms with Crippen LogP contribution in [0.2, 0.25) is 0 Å². The summed E-state index contributed by atoms with van der Waals surface area (Å²) < 4.78 is 38.1. The summed E-state index contributed by atoms with van der Waals surface area (Å²) in [6, 6.07) is 0. The number of unbranched alkanes of at least 4 members (excludes halogenated alkanes) is 15. The van der Waals surface area contributed by atoms with Gasteiger partial charge in [0.15, 0.2) is 0 Å². The van der Waals surface area contributed by atoms with E-state index >= 15 is 0 Å². The van der Waals surface area contributed by atoms with Crippen LogP contribution in [0.3, 0.4) is 0 Å². The van der Waals surface area contributed by atoms with E-state index in [0.29, 0.717) is 85.9 Å². The van der Waals surface area contributed by atoms with Crippen molar-refractivity contribution in [2.75, 3.05) is 92.5 Å². The summed E-state index contributed by atoms with van der Waals surface area (Å²) in [5, 5.41) is 0. The molecule has 0 bridgehead atoms. The molecule has 7 nitrogen and oxygen atoms in total. The minimum atomic E-state index is 0.322. The molecule has 0 aromatic rings. The van der Waals surface area contributed by atoms with Gasteiger partial charge in [-0.2, -0.15) is 0 Å². The molecule has 0 aliphatic heterocycles. The maximum atomic E-state index is 5.67. The number of rotatable bonds is 36. The van der Waals surface area contributed by atoms with Gasteiger partial charge < -0.3 is 33.2 Å². The third-order valence-electron chi connectivity index (χ3n) is 6.56. The van der Waals surface area contributed by atoms with E-state index in [2.05, 4.69) is 12.8 Å². The van der Waals surface area contributed by atoms with Gasteiger partial charge in [-0.3, -0.25) is 0 Å². The second-order valence-corrected chi connectivity index (χ2v) is 10.2. The average molecular weight is 573 g/mol. The zero-order chi connectivity index (χ0) is 28.9. The van der Waals surface area contributed by atoms with Crippen LogP contribution in [0.5, 0.6) is 0 Å². The lowest BCUT2D eigenvalue weighted by molar-refractivity contribution is -0.0197. The van der Waals surface area contributed by atoms with Crippen LogP contribution in [0.15, 0.2) is 0 Å². The lowest BCUT2D eigenvalue weighted by Gasteiger charge is -2.08. The first-order valence-corrected chi connectivity index (χ1v) is 16.4. The summed E-state index contributed by atoms with van der Waals surface area (Å²) in [4.78, 5) is 0. The normalized spacial score (nSPS) is 11.3. The Morgan fingerprint density at radius 2 is 0.575 bits per heavy atom. The number of ether oxygens (including phenoxy) is 7. The van der Waals surface area contributed by atoms with Gasteiger partial charge >= 0.3 is 0 Å². The molecule has 0 radical (unpaired) electrons. The molecule has 0 aromatic heterocycles. The standard InChI is InChI=1S/C33H64O7/c1-3-5-6-7-8-9-10-11-12-13-14-15-16-17-18-19-21-35-23-25-37-27-29-39-31-33-40-32-30-38-28-26-36-24-22-34-20-4-2/h2H,3,5-33H2,1H3. The van der Waals surface area contributed by atoms with E-state index in [1.807, 2.05) is 0 Å². The highest BCUT2D eigenvalue weighted by atomic mass is 16.6. The SMILES string of the molecule is C#CCOCCOCCOCCOCCOCCOCCOCCCCCCCCCCCCCCCCCC. The van der Waals surface area contributed by atoms with Crippen molar-refractivity contribution >= 4 is 0 Å². The van der Waals surface area contributed by atoms with Crippen LogP contribution in [0.1, 0.15) is 110 Å². The van der Waals surface area contributed by atoms with E-state index in [-0.39, 0.29) is 0 Å². The highest BCUT2D eigenvalue weighted by Crippen LogP contribution is 2.13. The van der Waals surface area contributed by atoms with Crippen LogP contribution in [0.4, 0.5) is 0 Å². The highest BCUT2D eigenvalue weighted by molar-refractivity contribution is 4.82. The summed E-state index contributed by atoms with van der Waals surface area (Å²) in [6.07, 6.45) is 27.4. The van der Waals surface area contributed by atoms with Crippen molar-refractivity contribution in [2.45, 2.75) is 110 Å². The molecule has 0 N–H and O–H groups in total. The van der Waals surface area contributed by atoms with Crippen molar-refractivity contribution in [2.24, 2.45) is 0 Å². The number of hydrogen-bond acceptors (Lipinski definition) is 7. The Kier molecular flexibility index (Phi) is 37.6. The van der Waals surface area contributed by atoms with Crippen LogP contribution in [0.25, 0.3) is 0 Å². The van der Waals surface area contributed by atoms with Gasteiger partial charge in [0.05, 0.1) is 79.3 Å². The van der Waals surface area contributed by atoms with Crippen molar-refractivity contribution in [1.29, 1.82) is 0 Å². The van der Waals surface area contributed by atoms with E-state index < -0.39 is 0 Å². The van der Waals surface area contributed by atoms with Gasteiger partial charge in [0.1, 0.15) is 6.61 Å². The van der Waals surface area contributed by atoms with E-state index in [9.17, 15) is 0 Å². The first-order chi connectivity index (χ1) is 19.9.